The van der Waals surface area contributed by atoms with Gasteiger partial charge in [0.25, 0.3) is 11.8 Å². The third-order valence-electron chi connectivity index (χ3n) is 21.1. The molecule has 6 aromatic rings. The van der Waals surface area contributed by atoms with E-state index < -0.39 is 35.6 Å². The van der Waals surface area contributed by atoms with Gasteiger partial charge in [-0.3, -0.25) is 71.9 Å². The molecule has 3 aliphatic rings. The number of hydrogen-bond donors (Lipinski definition) is 9. The second kappa shape index (κ2) is 41.2. The van der Waals surface area contributed by atoms with Crippen LogP contribution >= 0.6 is 0 Å². The molecule has 3 fully saturated rings. The van der Waals surface area contributed by atoms with Gasteiger partial charge in [-0.2, -0.15) is 0 Å². The third kappa shape index (κ3) is 24.2. The van der Waals surface area contributed by atoms with Crippen LogP contribution in [0.5, 0.6) is 23.0 Å². The molecule has 30 heteroatoms. The predicted molar refractivity (Wildman–Crippen MR) is 416 cm³/mol. The number of phenols is 4. The van der Waals surface area contributed by atoms with Gasteiger partial charge in [-0.1, -0.05) is 72.2 Å². The van der Waals surface area contributed by atoms with Crippen LogP contribution in [-0.2, 0) is 46.4 Å². The van der Waals surface area contributed by atoms with Crippen LogP contribution in [0.4, 0.5) is 0 Å². The fourth-order valence-electron chi connectivity index (χ4n) is 15.0. The first-order chi connectivity index (χ1) is 52.7. The number of nitrogens with one attached hydrogen (secondary N) is 2. The summed E-state index contributed by atoms with van der Waals surface area (Å²) in [6, 6.07) is 21.2. The third-order valence-corrected chi connectivity index (χ3v) is 21.1. The Kier molecular flexibility index (Phi) is 32.1. The van der Waals surface area contributed by atoms with Gasteiger partial charge in [0, 0.05) is 147 Å². The Balaban J connectivity index is 0.0000155. The lowest BCUT2D eigenvalue weighted by atomic mass is 9.88. The molecule has 0 unspecified atom stereocenters. The maximum atomic E-state index is 14.8. The number of rotatable bonds is 34. The van der Waals surface area contributed by atoms with E-state index in [-0.39, 0.29) is 192 Å². The number of hydrogen-bond acceptors (Lipinski definition) is 21. The van der Waals surface area contributed by atoms with E-state index in [2.05, 4.69) is 31.0 Å². The Labute approximate surface area is 648 Å². The number of phenolic OH excluding ortho intramolecular Hbond substituents is 4. The highest BCUT2D eigenvalue weighted by Gasteiger charge is 2.33. The van der Waals surface area contributed by atoms with E-state index in [4.69, 9.17) is 0 Å². The molecular weight excluding hydrogens is 1420 g/mol. The van der Waals surface area contributed by atoms with Gasteiger partial charge in [0.15, 0.2) is 11.6 Å². The van der Waals surface area contributed by atoms with Crippen molar-refractivity contribution < 1.29 is 78.9 Å². The zero-order chi connectivity index (χ0) is 79.3. The highest BCUT2D eigenvalue weighted by atomic mass is 16.4. The lowest BCUT2D eigenvalue weighted by molar-refractivity contribution is -0.140. The van der Waals surface area contributed by atoms with Crippen LogP contribution in [0.25, 0.3) is 34.2 Å². The first kappa shape index (κ1) is 86.4. The van der Waals surface area contributed by atoms with Crippen molar-refractivity contribution in [3.05, 3.63) is 107 Å². The maximum Gasteiger partial charge on any atom is 0.317 e. The summed E-state index contributed by atoms with van der Waals surface area (Å²) in [6.07, 6.45) is 6.43. The SMILES string of the molecule is C.CCNC(=O)c1nnc(-c2cc(C(C)C)c(O)cc2O)n1-c1ccc(CC2CCN(C(=O)CCC(=O)C[C@@H](CCCCCC(=O)CN3CCN(CC(=O)O)CCN(CC(=O)O)CCN(CC(=O)O)CC3)C(=O)N3CCC(Cc4ccc(-n5c(C(=O)NCC)nnc5-c5cc(C(C)C)c(O)cc5O)cc4)CC3)CC2)cc1. The summed E-state index contributed by atoms with van der Waals surface area (Å²) in [7, 11) is 0. The van der Waals surface area contributed by atoms with Crippen molar-refractivity contribution >= 4 is 53.1 Å². The zero-order valence-corrected chi connectivity index (χ0v) is 64.1. The van der Waals surface area contributed by atoms with Crippen molar-refractivity contribution in [3.8, 4) is 57.1 Å². The van der Waals surface area contributed by atoms with Crippen LogP contribution in [0.3, 0.4) is 0 Å². The van der Waals surface area contributed by atoms with Gasteiger partial charge < -0.3 is 56.2 Å². The van der Waals surface area contributed by atoms with E-state index in [0.717, 1.165) is 30.4 Å². The number of unbranched alkanes of at least 4 members (excludes halogenated alkanes) is 2. The molecule has 3 aliphatic heterocycles. The second-order valence-corrected chi connectivity index (χ2v) is 29.9. The van der Waals surface area contributed by atoms with E-state index in [1.807, 2.05) is 86.0 Å². The lowest BCUT2D eigenvalue weighted by Crippen LogP contribution is -2.49. The number of ketones is 2. The minimum absolute atomic E-state index is 0. The van der Waals surface area contributed by atoms with E-state index >= 15 is 0 Å². The second-order valence-electron chi connectivity index (χ2n) is 29.9. The number of aromatic hydroxyl groups is 4. The number of aliphatic carboxylic acids is 3. The average Bonchev–Trinajstić information content (AvgIpc) is 1.67. The average molecular weight is 1540 g/mol. The van der Waals surface area contributed by atoms with Gasteiger partial charge in [-0.05, 0) is 148 Å². The number of amides is 4. The highest BCUT2D eigenvalue weighted by molar-refractivity contribution is 5.93. The first-order valence-corrected chi connectivity index (χ1v) is 38.6. The van der Waals surface area contributed by atoms with Gasteiger partial charge in [-0.15, -0.1) is 20.4 Å². The molecule has 2 aromatic heterocycles. The molecule has 0 bridgehead atoms. The summed E-state index contributed by atoms with van der Waals surface area (Å²) in [6.45, 7) is 15.3. The van der Waals surface area contributed by atoms with Gasteiger partial charge >= 0.3 is 17.9 Å². The molecule has 9 rings (SSSR count). The fourth-order valence-corrected chi connectivity index (χ4v) is 15.0. The zero-order valence-electron chi connectivity index (χ0n) is 64.1. The molecule has 4 amide bonds. The molecule has 30 nitrogen and oxygen atoms in total. The van der Waals surface area contributed by atoms with Crippen molar-refractivity contribution in [1.82, 2.24) is 69.6 Å². The van der Waals surface area contributed by atoms with Crippen molar-refractivity contribution in [3.63, 3.8) is 0 Å². The van der Waals surface area contributed by atoms with Crippen molar-refractivity contribution in [1.29, 1.82) is 0 Å². The fraction of sp³-hybridized carbons (Fsp3) is 0.543. The number of carbonyl (C=O) groups excluding carboxylic acids is 6. The van der Waals surface area contributed by atoms with E-state index in [1.165, 1.54) is 12.1 Å². The molecule has 111 heavy (non-hydrogen) atoms. The van der Waals surface area contributed by atoms with E-state index in [0.29, 0.717) is 131 Å². The molecule has 3 saturated heterocycles. The maximum absolute atomic E-state index is 14.8. The normalized spacial score (nSPS) is 15.9. The lowest BCUT2D eigenvalue weighted by Gasteiger charge is -2.34. The minimum atomic E-state index is -1.05. The van der Waals surface area contributed by atoms with Crippen LogP contribution in [0.1, 0.15) is 181 Å². The Bertz CT molecular complexity index is 4150. The molecule has 4 aromatic carbocycles. The first-order valence-electron chi connectivity index (χ1n) is 38.6. The number of Topliss-reactive ketones (excluding diaryl/α,β-unsaturated/α-hetero) is 2. The summed E-state index contributed by atoms with van der Waals surface area (Å²) in [5, 5.41) is 95.0. The van der Waals surface area contributed by atoms with Crippen molar-refractivity contribution in [2.45, 2.75) is 151 Å². The number of carbonyl (C=O) groups is 9. The Morgan fingerprint density at radius 3 is 1.22 bits per heavy atom. The number of likely N-dealkylation sites (tertiary alicyclic amines) is 2. The molecular formula is C81H112N14O16. The number of carboxylic acid groups (broad SMARTS) is 3. The Morgan fingerprint density at radius 2 is 0.838 bits per heavy atom. The summed E-state index contributed by atoms with van der Waals surface area (Å²) in [4.78, 5) is 129. The number of piperidine rings is 2. The van der Waals surface area contributed by atoms with Gasteiger partial charge in [0.05, 0.1) is 37.3 Å². The molecule has 0 radical (unpaired) electrons. The van der Waals surface area contributed by atoms with Gasteiger partial charge in [-0.25, -0.2) is 0 Å². The summed E-state index contributed by atoms with van der Waals surface area (Å²) < 4.78 is 3.17. The molecule has 0 saturated carbocycles. The quantitative estimate of drug-likeness (QED) is 0.0173. The minimum Gasteiger partial charge on any atom is -0.508 e. The number of nitrogens with zero attached hydrogens (tertiary/aromatic N) is 12. The molecule has 1 atom stereocenters. The number of benzene rings is 4. The summed E-state index contributed by atoms with van der Waals surface area (Å²) in [5.74, 6) is -5.02. The highest BCUT2D eigenvalue weighted by Crippen LogP contribution is 2.41. The molecule has 9 N–H and O–H groups in total. The number of aromatic nitrogens is 6. The molecule has 602 valence electrons. The molecule has 5 heterocycles. The predicted octanol–water partition coefficient (Wildman–Crippen LogP) is 8.00. The molecule has 0 aliphatic carbocycles. The van der Waals surface area contributed by atoms with Crippen LogP contribution in [-0.4, -0.2) is 266 Å². The van der Waals surface area contributed by atoms with Gasteiger partial charge in [0.2, 0.25) is 23.5 Å². The van der Waals surface area contributed by atoms with Crippen molar-refractivity contribution in [2.75, 3.05) is 118 Å². The smallest absolute Gasteiger partial charge is 0.317 e. The van der Waals surface area contributed by atoms with Crippen LogP contribution in [0.15, 0.2) is 72.8 Å². The molecule has 0 spiro atoms. The van der Waals surface area contributed by atoms with Crippen molar-refractivity contribution in [2.24, 2.45) is 17.8 Å². The van der Waals surface area contributed by atoms with Crippen LogP contribution in [0.2, 0.25) is 0 Å². The monoisotopic (exact) mass is 1540 g/mol. The van der Waals surface area contributed by atoms with E-state index in [9.17, 15) is 78.9 Å². The standard InChI is InChI=1S/C80H108N14O16.CH4/c1-7-81-78(108)76-85-83-74(64-43-62(51(3)4)66(97)45-68(64)99)93(76)58-18-14-53(15-19-58)40-55-24-28-91(29-25-55)70(101)23-22-60(95)42-57(12-10-9-11-13-61(96)47-87-32-34-88(48-71(102)103)36-38-90(50-73(106)107)39-37-89(35-33-87)49-72(104)105)80(110)92-30-26-56(27-31-92)41-54-16-20-59(21-17-54)94-75(84-86-77(94)79(109)82-8-2)65-44-63(52(5)6)67(98)46-69(65)100;/h14-21,43-46,51-52,55-57,97-100H,7-13,22-42,47-50H2,1-6H3,(H,81,108)(H,82,109)(H,102,103)(H,104,105)(H,106,107);1H4/t57-;/m1./s1. The number of carboxylic acids is 3. The summed E-state index contributed by atoms with van der Waals surface area (Å²) >= 11 is 0. The Hall–Kier alpha value is -10.2. The van der Waals surface area contributed by atoms with Gasteiger partial charge in [0.1, 0.15) is 34.6 Å². The summed E-state index contributed by atoms with van der Waals surface area (Å²) in [5.41, 5.74) is 5.00. The van der Waals surface area contributed by atoms with E-state index in [1.54, 1.807) is 54.7 Å². The Morgan fingerprint density at radius 1 is 0.450 bits per heavy atom. The van der Waals surface area contributed by atoms with Crippen LogP contribution < -0.4 is 10.6 Å². The largest absolute Gasteiger partial charge is 0.508 e. The topological polar surface area (TPSA) is 400 Å². The van der Waals surface area contributed by atoms with Crippen LogP contribution in [0, 0.1) is 17.8 Å².